The van der Waals surface area contributed by atoms with E-state index in [-0.39, 0.29) is 0 Å². The molecule has 0 aliphatic carbocycles. The molecule has 0 spiro atoms. The average Bonchev–Trinajstić information content (AvgIpc) is 2.12. The monoisotopic (exact) mass is 167 g/mol. The Bertz CT molecular complexity index is 197. The molecule has 66 valence electrons. The second-order valence-corrected chi connectivity index (χ2v) is 2.00. The Morgan fingerprint density at radius 3 is 2.50 bits per heavy atom. The third kappa shape index (κ3) is 3.27. The van der Waals surface area contributed by atoms with Crippen molar-refractivity contribution in [2.45, 2.75) is 0 Å². The SMILES string of the molecule is C=C/C(C=O)=C(\C=C)CONC. The minimum absolute atomic E-state index is 0.306. The second kappa shape index (κ2) is 6.52. The summed E-state index contributed by atoms with van der Waals surface area (Å²) in [6, 6.07) is 0. The van der Waals surface area contributed by atoms with Crippen molar-refractivity contribution in [3.63, 3.8) is 0 Å². The normalized spacial score (nSPS) is 11.8. The van der Waals surface area contributed by atoms with Gasteiger partial charge >= 0.3 is 0 Å². The Morgan fingerprint density at radius 2 is 2.17 bits per heavy atom. The molecule has 0 aliphatic heterocycles. The van der Waals surface area contributed by atoms with E-state index in [2.05, 4.69) is 18.6 Å². The van der Waals surface area contributed by atoms with Gasteiger partial charge in [-0.1, -0.05) is 25.3 Å². The van der Waals surface area contributed by atoms with Gasteiger partial charge in [0, 0.05) is 12.6 Å². The van der Waals surface area contributed by atoms with E-state index in [9.17, 15) is 4.79 Å². The van der Waals surface area contributed by atoms with E-state index in [1.807, 2.05) is 0 Å². The van der Waals surface area contributed by atoms with Gasteiger partial charge in [0.05, 0.1) is 6.61 Å². The molecule has 0 aromatic carbocycles. The highest BCUT2D eigenvalue weighted by Gasteiger charge is 1.98. The van der Waals surface area contributed by atoms with Crippen LogP contribution < -0.4 is 5.48 Å². The zero-order valence-electron chi connectivity index (χ0n) is 7.17. The van der Waals surface area contributed by atoms with Gasteiger partial charge in [0.2, 0.25) is 0 Å². The molecule has 0 aromatic heterocycles. The fraction of sp³-hybridized carbons (Fsp3) is 0.222. The van der Waals surface area contributed by atoms with E-state index in [0.717, 1.165) is 6.29 Å². The number of allylic oxidation sites excluding steroid dienone is 2. The quantitative estimate of drug-likeness (QED) is 0.277. The van der Waals surface area contributed by atoms with Crippen molar-refractivity contribution in [3.8, 4) is 0 Å². The van der Waals surface area contributed by atoms with Crippen molar-refractivity contribution in [1.82, 2.24) is 5.48 Å². The summed E-state index contributed by atoms with van der Waals surface area (Å²) in [5, 5.41) is 0. The van der Waals surface area contributed by atoms with Crippen LogP contribution in [0.1, 0.15) is 0 Å². The summed E-state index contributed by atoms with van der Waals surface area (Å²) in [4.78, 5) is 15.3. The predicted molar refractivity (Wildman–Crippen MR) is 48.5 cm³/mol. The third-order valence-electron chi connectivity index (χ3n) is 1.34. The molecular formula is C9H13NO2. The molecule has 0 radical (unpaired) electrons. The van der Waals surface area contributed by atoms with Crippen LogP contribution in [-0.4, -0.2) is 19.9 Å². The van der Waals surface area contributed by atoms with Crippen molar-refractivity contribution >= 4 is 6.29 Å². The van der Waals surface area contributed by atoms with Gasteiger partial charge in [-0.3, -0.25) is 9.63 Å². The first-order chi connectivity index (χ1) is 5.79. The van der Waals surface area contributed by atoms with Gasteiger partial charge in [-0.05, 0) is 5.57 Å². The van der Waals surface area contributed by atoms with Crippen molar-refractivity contribution < 1.29 is 9.63 Å². The van der Waals surface area contributed by atoms with E-state index >= 15 is 0 Å². The highest BCUT2D eigenvalue weighted by molar-refractivity contribution is 5.79. The number of carbonyl (C=O) groups is 1. The van der Waals surface area contributed by atoms with Gasteiger partial charge in [-0.15, -0.1) is 0 Å². The van der Waals surface area contributed by atoms with Crippen LogP contribution in [0, 0.1) is 0 Å². The molecule has 0 saturated heterocycles. The van der Waals surface area contributed by atoms with E-state index in [0.29, 0.717) is 17.8 Å². The molecule has 0 fully saturated rings. The Labute approximate surface area is 72.4 Å². The summed E-state index contributed by atoms with van der Waals surface area (Å²) in [6.45, 7) is 7.36. The summed E-state index contributed by atoms with van der Waals surface area (Å²) in [6.07, 6.45) is 3.77. The van der Waals surface area contributed by atoms with Crippen LogP contribution in [0.4, 0.5) is 0 Å². The van der Waals surface area contributed by atoms with Crippen LogP contribution in [0.5, 0.6) is 0 Å². The molecule has 1 N–H and O–H groups in total. The molecule has 0 unspecified atom stereocenters. The third-order valence-corrected chi connectivity index (χ3v) is 1.34. The molecule has 0 amide bonds. The maximum Gasteiger partial charge on any atom is 0.150 e. The lowest BCUT2D eigenvalue weighted by Crippen LogP contribution is -2.10. The number of aldehydes is 1. The van der Waals surface area contributed by atoms with Gasteiger partial charge in [0.15, 0.2) is 0 Å². The lowest BCUT2D eigenvalue weighted by atomic mass is 10.1. The number of carbonyl (C=O) groups excluding carboxylic acids is 1. The maximum atomic E-state index is 10.4. The average molecular weight is 167 g/mol. The molecule has 0 aliphatic rings. The zero-order chi connectivity index (χ0) is 9.40. The summed E-state index contributed by atoms with van der Waals surface area (Å²) in [7, 11) is 1.65. The highest BCUT2D eigenvalue weighted by atomic mass is 16.6. The first kappa shape index (κ1) is 10.8. The van der Waals surface area contributed by atoms with Crippen LogP contribution >= 0.6 is 0 Å². The molecule has 3 nitrogen and oxygen atoms in total. The zero-order valence-corrected chi connectivity index (χ0v) is 7.17. The first-order valence-electron chi connectivity index (χ1n) is 3.51. The van der Waals surface area contributed by atoms with Gasteiger partial charge in [0.25, 0.3) is 0 Å². The largest absolute Gasteiger partial charge is 0.298 e. The first-order valence-corrected chi connectivity index (χ1v) is 3.51. The van der Waals surface area contributed by atoms with Crippen LogP contribution in [0.2, 0.25) is 0 Å². The Hall–Kier alpha value is -1.19. The van der Waals surface area contributed by atoms with E-state index in [1.165, 1.54) is 6.08 Å². The van der Waals surface area contributed by atoms with Crippen molar-refractivity contribution in [3.05, 3.63) is 36.5 Å². The second-order valence-electron chi connectivity index (χ2n) is 2.00. The number of hydrogen-bond donors (Lipinski definition) is 1. The Kier molecular flexibility index (Phi) is 5.87. The maximum absolute atomic E-state index is 10.4. The fourth-order valence-electron chi connectivity index (χ4n) is 0.665. The summed E-state index contributed by atoms with van der Waals surface area (Å²) in [5.74, 6) is 0. The Morgan fingerprint density at radius 1 is 1.50 bits per heavy atom. The van der Waals surface area contributed by atoms with Crippen LogP contribution in [-0.2, 0) is 9.63 Å². The number of rotatable bonds is 6. The van der Waals surface area contributed by atoms with E-state index < -0.39 is 0 Å². The standard InChI is InChI=1S/C9H13NO2/c1-4-8(6-11)9(5-2)7-12-10-3/h4-6,10H,1-2,7H2,3H3/b9-8-. The molecule has 0 heterocycles. The van der Waals surface area contributed by atoms with Crippen LogP contribution in [0.3, 0.4) is 0 Å². The smallest absolute Gasteiger partial charge is 0.150 e. The van der Waals surface area contributed by atoms with Gasteiger partial charge in [-0.25, -0.2) is 5.48 Å². The van der Waals surface area contributed by atoms with E-state index in [4.69, 9.17) is 4.84 Å². The van der Waals surface area contributed by atoms with Crippen LogP contribution in [0.25, 0.3) is 0 Å². The number of hydrogen-bond acceptors (Lipinski definition) is 3. The van der Waals surface area contributed by atoms with Crippen molar-refractivity contribution in [2.24, 2.45) is 0 Å². The van der Waals surface area contributed by atoms with Crippen molar-refractivity contribution in [1.29, 1.82) is 0 Å². The number of hydroxylamine groups is 1. The molecule has 3 heteroatoms. The summed E-state index contributed by atoms with van der Waals surface area (Å²) >= 11 is 0. The van der Waals surface area contributed by atoms with Gasteiger partial charge < -0.3 is 0 Å². The van der Waals surface area contributed by atoms with Gasteiger partial charge in [-0.2, -0.15) is 0 Å². The lowest BCUT2D eigenvalue weighted by molar-refractivity contribution is -0.104. The fourth-order valence-corrected chi connectivity index (χ4v) is 0.665. The molecule has 0 rings (SSSR count). The summed E-state index contributed by atoms with van der Waals surface area (Å²) in [5.41, 5.74) is 3.72. The molecule has 0 atom stereocenters. The minimum Gasteiger partial charge on any atom is -0.298 e. The van der Waals surface area contributed by atoms with Crippen LogP contribution in [0.15, 0.2) is 36.5 Å². The summed E-state index contributed by atoms with van der Waals surface area (Å²) < 4.78 is 0. The molecule has 0 saturated carbocycles. The Balaban J connectivity index is 4.45. The lowest BCUT2D eigenvalue weighted by Gasteiger charge is -2.03. The molecule has 0 aromatic rings. The van der Waals surface area contributed by atoms with Crippen molar-refractivity contribution in [2.75, 3.05) is 13.7 Å². The molecular weight excluding hydrogens is 154 g/mol. The predicted octanol–water partition coefficient (Wildman–Crippen LogP) is 1.00. The molecule has 12 heavy (non-hydrogen) atoms. The highest BCUT2D eigenvalue weighted by Crippen LogP contribution is 2.04. The number of nitrogens with one attached hydrogen (secondary N) is 1. The minimum atomic E-state index is 0.306. The topological polar surface area (TPSA) is 38.3 Å². The molecule has 0 bridgehead atoms. The van der Waals surface area contributed by atoms with Gasteiger partial charge in [0.1, 0.15) is 6.29 Å². The van der Waals surface area contributed by atoms with E-state index in [1.54, 1.807) is 13.1 Å².